The maximum Gasteiger partial charge on any atom is 0.325 e. The highest BCUT2D eigenvalue weighted by Gasteiger charge is 2.22. The minimum Gasteiger partial charge on any atom is -0.438 e. The minimum absolute atomic E-state index is 0. The number of esters is 1. The standard InChI is InChI=1S/C6H11NO3.ClH/c8-4-10-6(9)5-2-1-3-7-5;/h5,7-8H,1-4H2;1H. The van der Waals surface area contributed by atoms with Gasteiger partial charge in [0.1, 0.15) is 6.04 Å². The van der Waals surface area contributed by atoms with Crippen LogP contribution in [0.15, 0.2) is 0 Å². The molecule has 1 heterocycles. The fourth-order valence-electron chi connectivity index (χ4n) is 1.05. The first-order valence-corrected chi connectivity index (χ1v) is 3.35. The van der Waals surface area contributed by atoms with Gasteiger partial charge in [0.05, 0.1) is 0 Å². The van der Waals surface area contributed by atoms with Crippen LogP contribution < -0.4 is 5.32 Å². The van der Waals surface area contributed by atoms with Gasteiger partial charge in [0, 0.05) is 0 Å². The molecule has 0 bridgehead atoms. The summed E-state index contributed by atoms with van der Waals surface area (Å²) in [6.07, 6.45) is 1.82. The molecule has 4 nitrogen and oxygen atoms in total. The van der Waals surface area contributed by atoms with Gasteiger partial charge < -0.3 is 15.2 Å². The van der Waals surface area contributed by atoms with Crippen LogP contribution in [0.25, 0.3) is 0 Å². The van der Waals surface area contributed by atoms with Crippen LogP contribution in [0.5, 0.6) is 0 Å². The summed E-state index contributed by atoms with van der Waals surface area (Å²) in [5.41, 5.74) is 0. The molecule has 0 aromatic rings. The maximum atomic E-state index is 10.8. The molecular weight excluding hydrogens is 170 g/mol. The summed E-state index contributed by atoms with van der Waals surface area (Å²) < 4.78 is 4.38. The average molecular weight is 182 g/mol. The second-order valence-electron chi connectivity index (χ2n) is 2.24. The highest BCUT2D eigenvalue weighted by molar-refractivity contribution is 5.85. The number of nitrogens with one attached hydrogen (secondary N) is 1. The molecule has 1 aliphatic heterocycles. The number of carbonyl (C=O) groups is 1. The molecule has 0 aliphatic carbocycles. The largest absolute Gasteiger partial charge is 0.438 e. The lowest BCUT2D eigenvalue weighted by atomic mass is 10.2. The van der Waals surface area contributed by atoms with Crippen molar-refractivity contribution in [3.8, 4) is 0 Å². The van der Waals surface area contributed by atoms with Gasteiger partial charge in [0.25, 0.3) is 0 Å². The zero-order chi connectivity index (χ0) is 7.40. The fourth-order valence-corrected chi connectivity index (χ4v) is 1.05. The summed E-state index contributed by atoms with van der Waals surface area (Å²) in [6.45, 7) is 0.349. The second-order valence-corrected chi connectivity index (χ2v) is 2.24. The summed E-state index contributed by atoms with van der Waals surface area (Å²) in [6, 6.07) is -0.188. The van der Waals surface area contributed by atoms with Crippen molar-refractivity contribution in [2.45, 2.75) is 18.9 Å². The molecular formula is C6H12ClNO3. The van der Waals surface area contributed by atoms with E-state index in [1.165, 1.54) is 0 Å². The van der Waals surface area contributed by atoms with E-state index < -0.39 is 6.79 Å². The van der Waals surface area contributed by atoms with Crippen LogP contribution in [-0.2, 0) is 9.53 Å². The Bertz CT molecular complexity index is 125. The smallest absolute Gasteiger partial charge is 0.325 e. The maximum absolute atomic E-state index is 10.8. The van der Waals surface area contributed by atoms with Crippen LogP contribution in [0.1, 0.15) is 12.8 Å². The van der Waals surface area contributed by atoms with Crippen molar-refractivity contribution in [2.75, 3.05) is 13.3 Å². The Balaban J connectivity index is 0.000001000. The first-order chi connectivity index (χ1) is 4.84. The number of aliphatic hydroxyl groups is 1. The van der Waals surface area contributed by atoms with E-state index in [1.807, 2.05) is 0 Å². The molecule has 0 amide bonds. The molecule has 0 spiro atoms. The predicted octanol–water partition coefficient (Wildman–Crippen LogP) is -0.347. The first kappa shape index (κ1) is 10.7. The van der Waals surface area contributed by atoms with Crippen molar-refractivity contribution >= 4 is 18.4 Å². The molecule has 66 valence electrons. The lowest BCUT2D eigenvalue weighted by Gasteiger charge is -2.06. The van der Waals surface area contributed by atoms with E-state index in [-0.39, 0.29) is 24.4 Å². The molecule has 0 aromatic heterocycles. The summed E-state index contributed by atoms with van der Waals surface area (Å²) in [5.74, 6) is -0.347. The van der Waals surface area contributed by atoms with Gasteiger partial charge in [-0.25, -0.2) is 0 Å². The minimum atomic E-state index is -0.517. The topological polar surface area (TPSA) is 58.6 Å². The van der Waals surface area contributed by atoms with Crippen molar-refractivity contribution in [2.24, 2.45) is 0 Å². The molecule has 5 heteroatoms. The Morgan fingerprint density at radius 2 is 2.45 bits per heavy atom. The average Bonchev–Trinajstić information content (AvgIpc) is 2.38. The summed E-state index contributed by atoms with van der Waals surface area (Å²) >= 11 is 0. The van der Waals surface area contributed by atoms with Crippen LogP contribution in [-0.4, -0.2) is 30.5 Å². The van der Waals surface area contributed by atoms with E-state index in [1.54, 1.807) is 0 Å². The second kappa shape index (κ2) is 5.35. The van der Waals surface area contributed by atoms with Gasteiger partial charge in [-0.05, 0) is 19.4 Å². The number of hydrogen-bond acceptors (Lipinski definition) is 4. The lowest BCUT2D eigenvalue weighted by molar-refractivity contribution is -0.153. The van der Waals surface area contributed by atoms with E-state index in [2.05, 4.69) is 10.1 Å². The Kier molecular flexibility index (Phi) is 5.19. The van der Waals surface area contributed by atoms with Gasteiger partial charge in [-0.2, -0.15) is 0 Å². The molecule has 11 heavy (non-hydrogen) atoms. The molecule has 0 saturated carbocycles. The van der Waals surface area contributed by atoms with Gasteiger partial charge in [-0.1, -0.05) is 0 Å². The van der Waals surface area contributed by atoms with Crippen LogP contribution in [0.3, 0.4) is 0 Å². The number of aliphatic hydroxyl groups excluding tert-OH is 1. The zero-order valence-corrected chi connectivity index (χ0v) is 6.89. The highest BCUT2D eigenvalue weighted by Crippen LogP contribution is 2.05. The van der Waals surface area contributed by atoms with E-state index in [4.69, 9.17) is 5.11 Å². The van der Waals surface area contributed by atoms with Gasteiger partial charge >= 0.3 is 5.97 Å². The van der Waals surface area contributed by atoms with Gasteiger partial charge in [0.15, 0.2) is 6.79 Å². The van der Waals surface area contributed by atoms with Gasteiger partial charge in [0.2, 0.25) is 0 Å². The normalized spacial score (nSPS) is 22.5. The first-order valence-electron chi connectivity index (χ1n) is 3.35. The zero-order valence-electron chi connectivity index (χ0n) is 6.08. The molecule has 0 aromatic carbocycles. The van der Waals surface area contributed by atoms with Crippen LogP contribution >= 0.6 is 12.4 Å². The molecule has 1 saturated heterocycles. The molecule has 1 fully saturated rings. The predicted molar refractivity (Wildman–Crippen MR) is 41.5 cm³/mol. The van der Waals surface area contributed by atoms with Crippen molar-refractivity contribution in [1.29, 1.82) is 0 Å². The Morgan fingerprint density at radius 3 is 2.91 bits per heavy atom. The SMILES string of the molecule is Cl.O=C(OCO)C1CCCN1. The van der Waals surface area contributed by atoms with E-state index >= 15 is 0 Å². The van der Waals surface area contributed by atoms with E-state index in [0.717, 1.165) is 19.4 Å². The van der Waals surface area contributed by atoms with Crippen LogP contribution in [0.2, 0.25) is 0 Å². The lowest BCUT2D eigenvalue weighted by Crippen LogP contribution is -2.32. The molecule has 2 N–H and O–H groups in total. The molecule has 1 aliphatic rings. The number of ether oxygens (including phenoxy) is 1. The Morgan fingerprint density at radius 1 is 1.73 bits per heavy atom. The quantitative estimate of drug-likeness (QED) is 0.452. The van der Waals surface area contributed by atoms with Gasteiger partial charge in [-0.15, -0.1) is 12.4 Å². The fraction of sp³-hybridized carbons (Fsp3) is 0.833. The van der Waals surface area contributed by atoms with Crippen molar-refractivity contribution in [1.82, 2.24) is 5.32 Å². The number of hydrogen-bond donors (Lipinski definition) is 2. The Labute approximate surface area is 71.3 Å². The molecule has 1 rings (SSSR count). The van der Waals surface area contributed by atoms with E-state index in [0.29, 0.717) is 0 Å². The van der Waals surface area contributed by atoms with Crippen LogP contribution in [0, 0.1) is 0 Å². The summed E-state index contributed by atoms with van der Waals surface area (Å²) in [4.78, 5) is 10.8. The number of rotatable bonds is 2. The third-order valence-electron chi connectivity index (χ3n) is 1.55. The number of carbonyl (C=O) groups excluding carboxylic acids is 1. The van der Waals surface area contributed by atoms with Gasteiger partial charge in [-0.3, -0.25) is 4.79 Å². The molecule has 1 atom stereocenters. The molecule has 1 unspecified atom stereocenters. The van der Waals surface area contributed by atoms with Crippen molar-refractivity contribution in [3.05, 3.63) is 0 Å². The monoisotopic (exact) mass is 181 g/mol. The summed E-state index contributed by atoms with van der Waals surface area (Å²) in [7, 11) is 0. The molecule has 0 radical (unpaired) electrons. The van der Waals surface area contributed by atoms with Crippen molar-refractivity contribution < 1.29 is 14.6 Å². The Hall–Kier alpha value is -0.320. The van der Waals surface area contributed by atoms with E-state index in [9.17, 15) is 4.79 Å². The third-order valence-corrected chi connectivity index (χ3v) is 1.55. The highest BCUT2D eigenvalue weighted by atomic mass is 35.5. The summed E-state index contributed by atoms with van der Waals surface area (Å²) in [5, 5.41) is 11.2. The third kappa shape index (κ3) is 3.05. The van der Waals surface area contributed by atoms with Crippen molar-refractivity contribution in [3.63, 3.8) is 0 Å². The van der Waals surface area contributed by atoms with Crippen LogP contribution in [0.4, 0.5) is 0 Å². The number of halogens is 1.